The van der Waals surface area contributed by atoms with Crippen molar-refractivity contribution in [1.29, 1.82) is 0 Å². The topological polar surface area (TPSA) is 105 Å². The van der Waals surface area contributed by atoms with Gasteiger partial charge in [-0.3, -0.25) is 9.59 Å². The zero-order chi connectivity index (χ0) is 22.4. The van der Waals surface area contributed by atoms with E-state index in [2.05, 4.69) is 10.6 Å². The number of amides is 2. The number of benzene rings is 2. The van der Waals surface area contributed by atoms with E-state index in [0.717, 1.165) is 4.31 Å². The summed E-state index contributed by atoms with van der Waals surface area (Å²) in [6.07, 6.45) is -0.488. The van der Waals surface area contributed by atoms with Crippen molar-refractivity contribution in [3.63, 3.8) is 0 Å². The van der Waals surface area contributed by atoms with Crippen molar-refractivity contribution in [2.24, 2.45) is 0 Å². The van der Waals surface area contributed by atoms with Crippen molar-refractivity contribution >= 4 is 33.4 Å². The molecule has 1 atom stereocenters. The Hall–Kier alpha value is -2.53. The third kappa shape index (κ3) is 5.79. The molecule has 31 heavy (non-hydrogen) atoms. The SMILES string of the molecule is O=C(NCc1ccccc1F)C(=O)NC[C@@H]1OCCCN1S(=O)(=O)c1ccc(Cl)cc1. The molecule has 0 bridgehead atoms. The van der Waals surface area contributed by atoms with Crippen LogP contribution in [0.15, 0.2) is 53.4 Å². The number of carbonyl (C=O) groups is 2. The normalized spacial score (nSPS) is 17.2. The summed E-state index contributed by atoms with van der Waals surface area (Å²) in [4.78, 5) is 24.1. The lowest BCUT2D eigenvalue weighted by atomic mass is 10.2. The Morgan fingerprint density at radius 2 is 1.77 bits per heavy atom. The average Bonchev–Trinajstić information content (AvgIpc) is 2.77. The fraction of sp³-hybridized carbons (Fsp3) is 0.300. The van der Waals surface area contributed by atoms with Crippen molar-refractivity contribution < 1.29 is 27.1 Å². The smallest absolute Gasteiger partial charge is 0.309 e. The third-order valence-electron chi connectivity index (χ3n) is 4.62. The highest BCUT2D eigenvalue weighted by Crippen LogP contribution is 2.23. The second-order valence-electron chi connectivity index (χ2n) is 6.73. The van der Waals surface area contributed by atoms with Crippen LogP contribution in [-0.4, -0.2) is 50.5 Å². The van der Waals surface area contributed by atoms with E-state index in [9.17, 15) is 22.4 Å². The summed E-state index contributed by atoms with van der Waals surface area (Å²) in [7, 11) is -3.89. The van der Waals surface area contributed by atoms with Crippen LogP contribution < -0.4 is 10.6 Å². The molecule has 2 amide bonds. The monoisotopic (exact) mass is 469 g/mol. The van der Waals surface area contributed by atoms with Gasteiger partial charge in [0.1, 0.15) is 12.0 Å². The summed E-state index contributed by atoms with van der Waals surface area (Å²) in [6, 6.07) is 11.6. The Kier molecular flexibility index (Phi) is 7.60. The Morgan fingerprint density at radius 1 is 1.10 bits per heavy atom. The molecule has 0 radical (unpaired) electrons. The van der Waals surface area contributed by atoms with E-state index in [-0.39, 0.29) is 30.1 Å². The van der Waals surface area contributed by atoms with Gasteiger partial charge in [0.05, 0.1) is 18.0 Å². The van der Waals surface area contributed by atoms with E-state index in [4.69, 9.17) is 16.3 Å². The van der Waals surface area contributed by atoms with Gasteiger partial charge in [0.25, 0.3) is 0 Å². The van der Waals surface area contributed by atoms with Gasteiger partial charge >= 0.3 is 11.8 Å². The molecule has 1 heterocycles. The molecule has 8 nitrogen and oxygen atoms in total. The number of nitrogens with one attached hydrogen (secondary N) is 2. The summed E-state index contributed by atoms with van der Waals surface area (Å²) < 4.78 is 46.2. The minimum Gasteiger partial charge on any atom is -0.360 e. The molecule has 0 aliphatic carbocycles. The number of ether oxygens (including phenoxy) is 1. The van der Waals surface area contributed by atoms with Crippen molar-refractivity contribution in [3.8, 4) is 0 Å². The number of nitrogens with zero attached hydrogens (tertiary/aromatic N) is 1. The summed E-state index contributed by atoms with van der Waals surface area (Å²) >= 11 is 5.82. The first kappa shape index (κ1) is 23.1. The predicted octanol–water partition coefficient (Wildman–Crippen LogP) is 1.65. The Balaban J connectivity index is 1.59. The lowest BCUT2D eigenvalue weighted by molar-refractivity contribution is -0.140. The number of hydrogen-bond donors (Lipinski definition) is 2. The predicted molar refractivity (Wildman–Crippen MR) is 111 cm³/mol. The molecule has 1 aliphatic rings. The Bertz CT molecular complexity index is 1050. The van der Waals surface area contributed by atoms with Crippen LogP contribution in [0.1, 0.15) is 12.0 Å². The van der Waals surface area contributed by atoms with Gasteiger partial charge < -0.3 is 15.4 Å². The Morgan fingerprint density at radius 3 is 2.48 bits per heavy atom. The van der Waals surface area contributed by atoms with Gasteiger partial charge in [-0.05, 0) is 36.8 Å². The molecule has 2 N–H and O–H groups in total. The average molecular weight is 470 g/mol. The van der Waals surface area contributed by atoms with Gasteiger partial charge in [-0.1, -0.05) is 29.8 Å². The molecule has 0 aromatic heterocycles. The number of sulfonamides is 1. The summed E-state index contributed by atoms with van der Waals surface area (Å²) in [6.45, 7) is 0.131. The van der Waals surface area contributed by atoms with Crippen molar-refractivity contribution in [1.82, 2.24) is 14.9 Å². The zero-order valence-corrected chi connectivity index (χ0v) is 18.0. The van der Waals surface area contributed by atoms with Crippen LogP contribution in [0.5, 0.6) is 0 Å². The maximum absolute atomic E-state index is 13.6. The van der Waals surface area contributed by atoms with Gasteiger partial charge in [0.15, 0.2) is 0 Å². The number of carbonyl (C=O) groups excluding carboxylic acids is 2. The minimum absolute atomic E-state index is 0.0429. The first-order chi connectivity index (χ1) is 14.8. The molecule has 166 valence electrons. The zero-order valence-electron chi connectivity index (χ0n) is 16.4. The highest BCUT2D eigenvalue weighted by molar-refractivity contribution is 7.89. The van der Waals surface area contributed by atoms with Crippen LogP contribution in [0.4, 0.5) is 4.39 Å². The fourth-order valence-corrected chi connectivity index (χ4v) is 4.69. The van der Waals surface area contributed by atoms with Crippen molar-refractivity contribution in [2.75, 3.05) is 19.7 Å². The molecule has 11 heteroatoms. The summed E-state index contributed by atoms with van der Waals surface area (Å²) in [5, 5.41) is 5.09. The molecule has 0 unspecified atom stereocenters. The number of halogens is 2. The van der Waals surface area contributed by atoms with Crippen molar-refractivity contribution in [2.45, 2.75) is 24.1 Å². The third-order valence-corrected chi connectivity index (χ3v) is 6.77. The molecular weight excluding hydrogens is 449 g/mol. The van der Waals surface area contributed by atoms with Crippen LogP contribution in [0.2, 0.25) is 5.02 Å². The van der Waals surface area contributed by atoms with Gasteiger partial charge in [0, 0.05) is 23.7 Å². The molecule has 1 aliphatic heterocycles. The molecule has 1 saturated heterocycles. The second kappa shape index (κ2) is 10.2. The molecule has 2 aromatic carbocycles. The standard InChI is InChI=1S/C20H21ClFN3O5S/c21-15-6-8-16(9-7-15)31(28,29)25-10-3-11-30-18(25)13-24-20(27)19(26)23-12-14-4-1-2-5-17(14)22/h1-2,4-9,18H,3,10-13H2,(H,23,26)(H,24,27)/t18-/m0/s1. The van der Waals surface area contributed by atoms with E-state index in [1.54, 1.807) is 6.07 Å². The molecule has 2 aromatic rings. The molecule has 3 rings (SSSR count). The summed E-state index contributed by atoms with van der Waals surface area (Å²) in [5.41, 5.74) is 0.236. The van der Waals surface area contributed by atoms with Crippen LogP contribution in [0, 0.1) is 5.82 Å². The maximum atomic E-state index is 13.6. The maximum Gasteiger partial charge on any atom is 0.309 e. The first-order valence-electron chi connectivity index (χ1n) is 9.47. The van der Waals surface area contributed by atoms with E-state index >= 15 is 0 Å². The van der Waals surface area contributed by atoms with Gasteiger partial charge in [-0.25, -0.2) is 12.8 Å². The van der Waals surface area contributed by atoms with E-state index in [1.807, 2.05) is 0 Å². The van der Waals surface area contributed by atoms with Crippen LogP contribution in [0.25, 0.3) is 0 Å². The van der Waals surface area contributed by atoms with Crippen LogP contribution in [0.3, 0.4) is 0 Å². The van der Waals surface area contributed by atoms with Gasteiger partial charge in [-0.15, -0.1) is 0 Å². The van der Waals surface area contributed by atoms with Gasteiger partial charge in [0.2, 0.25) is 10.0 Å². The highest BCUT2D eigenvalue weighted by Gasteiger charge is 2.34. The highest BCUT2D eigenvalue weighted by atomic mass is 35.5. The number of rotatable bonds is 6. The largest absolute Gasteiger partial charge is 0.360 e. The van der Waals surface area contributed by atoms with Crippen LogP contribution >= 0.6 is 11.6 Å². The minimum atomic E-state index is -3.89. The second-order valence-corrected chi connectivity index (χ2v) is 9.06. The van der Waals surface area contributed by atoms with Gasteiger partial charge in [-0.2, -0.15) is 4.31 Å². The molecular formula is C20H21ClFN3O5S. The first-order valence-corrected chi connectivity index (χ1v) is 11.3. The lowest BCUT2D eigenvalue weighted by Gasteiger charge is -2.34. The van der Waals surface area contributed by atoms with Crippen molar-refractivity contribution in [3.05, 3.63) is 64.9 Å². The molecule has 0 spiro atoms. The molecule has 1 fully saturated rings. The number of hydrogen-bond acceptors (Lipinski definition) is 5. The quantitative estimate of drug-likeness (QED) is 0.626. The fourth-order valence-electron chi connectivity index (χ4n) is 3.00. The lowest BCUT2D eigenvalue weighted by Crippen LogP contribution is -2.53. The molecule has 0 saturated carbocycles. The van der Waals surface area contributed by atoms with E-state index < -0.39 is 33.9 Å². The Labute approximate surface area is 184 Å². The van der Waals surface area contributed by atoms with Crippen LogP contribution in [-0.2, 0) is 30.9 Å². The van der Waals surface area contributed by atoms with E-state index in [0.29, 0.717) is 18.1 Å². The summed E-state index contributed by atoms with van der Waals surface area (Å²) in [5.74, 6) is -2.44. The van der Waals surface area contributed by atoms with E-state index in [1.165, 1.54) is 42.5 Å².